The maximum Gasteiger partial charge on any atom is 0.128 e. The van der Waals surface area contributed by atoms with Crippen LogP contribution in [-0.4, -0.2) is 50.1 Å². The molecule has 1 aliphatic heterocycles. The first-order valence-corrected chi connectivity index (χ1v) is 8.02. The lowest BCUT2D eigenvalue weighted by molar-refractivity contribution is 0.183. The standard InChI is InChI=1S/C19H23FN2O.2ClH/c1-21(2)11-12-22-13-14-23-18-10-6-4-8-16(18)19(22)15-7-3-5-9-17(15)20;;/h3-10,19H,11-14H2,1-2H3;2*1H. The van der Waals surface area contributed by atoms with Gasteiger partial charge in [-0.3, -0.25) is 4.90 Å². The van der Waals surface area contributed by atoms with Crippen molar-refractivity contribution in [1.29, 1.82) is 0 Å². The highest BCUT2D eigenvalue weighted by molar-refractivity contribution is 5.85. The third-order valence-electron chi connectivity index (χ3n) is 4.25. The van der Waals surface area contributed by atoms with Crippen LogP contribution in [0.5, 0.6) is 5.75 Å². The van der Waals surface area contributed by atoms with Crippen molar-refractivity contribution in [3.05, 3.63) is 65.5 Å². The number of ether oxygens (including phenoxy) is 1. The monoisotopic (exact) mass is 386 g/mol. The summed E-state index contributed by atoms with van der Waals surface area (Å²) in [6.07, 6.45) is 0. The number of rotatable bonds is 4. The summed E-state index contributed by atoms with van der Waals surface area (Å²) in [7, 11) is 4.11. The molecule has 138 valence electrons. The van der Waals surface area contributed by atoms with Gasteiger partial charge in [0.25, 0.3) is 0 Å². The van der Waals surface area contributed by atoms with Crippen molar-refractivity contribution < 1.29 is 9.13 Å². The molecule has 0 aliphatic carbocycles. The van der Waals surface area contributed by atoms with E-state index in [1.807, 2.05) is 36.4 Å². The summed E-state index contributed by atoms with van der Waals surface area (Å²) in [6, 6.07) is 14.9. The molecule has 1 aliphatic rings. The Morgan fingerprint density at radius 1 is 1.04 bits per heavy atom. The first-order chi connectivity index (χ1) is 11.2. The molecule has 0 spiro atoms. The highest BCUT2D eigenvalue weighted by atomic mass is 35.5. The second-order valence-corrected chi connectivity index (χ2v) is 6.15. The molecule has 3 nitrogen and oxygen atoms in total. The normalized spacial score (nSPS) is 16.9. The van der Waals surface area contributed by atoms with Crippen molar-refractivity contribution in [3.8, 4) is 5.75 Å². The maximum absolute atomic E-state index is 14.5. The van der Waals surface area contributed by atoms with Gasteiger partial charge in [0.2, 0.25) is 0 Å². The van der Waals surface area contributed by atoms with E-state index in [1.54, 1.807) is 6.07 Å². The number of halogens is 3. The number of benzene rings is 2. The van der Waals surface area contributed by atoms with Crippen LogP contribution in [0.25, 0.3) is 0 Å². The number of fused-ring (bicyclic) bond motifs is 1. The van der Waals surface area contributed by atoms with Crippen molar-refractivity contribution >= 4 is 24.8 Å². The van der Waals surface area contributed by atoms with Gasteiger partial charge in [0.05, 0.1) is 6.04 Å². The fourth-order valence-corrected chi connectivity index (χ4v) is 3.07. The van der Waals surface area contributed by atoms with Gasteiger partial charge in [-0.25, -0.2) is 4.39 Å². The Morgan fingerprint density at radius 2 is 1.68 bits per heavy atom. The fourth-order valence-electron chi connectivity index (χ4n) is 3.07. The predicted molar refractivity (Wildman–Crippen MR) is 105 cm³/mol. The van der Waals surface area contributed by atoms with Crippen molar-refractivity contribution in [2.45, 2.75) is 6.04 Å². The minimum Gasteiger partial charge on any atom is -0.492 e. The van der Waals surface area contributed by atoms with E-state index in [0.717, 1.165) is 30.9 Å². The van der Waals surface area contributed by atoms with Crippen LogP contribution in [-0.2, 0) is 0 Å². The molecule has 0 radical (unpaired) electrons. The van der Waals surface area contributed by atoms with E-state index in [2.05, 4.69) is 23.9 Å². The van der Waals surface area contributed by atoms with E-state index in [9.17, 15) is 4.39 Å². The molecule has 3 rings (SSSR count). The van der Waals surface area contributed by atoms with E-state index >= 15 is 0 Å². The van der Waals surface area contributed by atoms with Crippen LogP contribution in [0.1, 0.15) is 17.2 Å². The molecule has 2 aromatic rings. The van der Waals surface area contributed by atoms with Gasteiger partial charge >= 0.3 is 0 Å². The molecule has 25 heavy (non-hydrogen) atoms. The Hall–Kier alpha value is -1.33. The molecule has 1 atom stereocenters. The van der Waals surface area contributed by atoms with Gasteiger partial charge in [-0.2, -0.15) is 0 Å². The minimum atomic E-state index is -0.163. The third-order valence-corrected chi connectivity index (χ3v) is 4.25. The van der Waals surface area contributed by atoms with Crippen LogP contribution in [0, 0.1) is 5.82 Å². The quantitative estimate of drug-likeness (QED) is 0.789. The Kier molecular flexibility index (Phi) is 8.66. The van der Waals surface area contributed by atoms with Crippen LogP contribution >= 0.6 is 24.8 Å². The molecule has 0 fully saturated rings. The Balaban J connectivity index is 0.00000156. The zero-order chi connectivity index (χ0) is 16.2. The Morgan fingerprint density at radius 3 is 2.36 bits per heavy atom. The van der Waals surface area contributed by atoms with E-state index < -0.39 is 0 Å². The van der Waals surface area contributed by atoms with E-state index in [-0.39, 0.29) is 36.7 Å². The SMILES string of the molecule is CN(C)CCN1CCOc2ccccc2C1c1ccccc1F.Cl.Cl. The van der Waals surface area contributed by atoms with Crippen LogP contribution in [0.15, 0.2) is 48.5 Å². The molecule has 0 N–H and O–H groups in total. The fraction of sp³-hybridized carbons (Fsp3) is 0.368. The molecular weight excluding hydrogens is 362 g/mol. The summed E-state index contributed by atoms with van der Waals surface area (Å²) < 4.78 is 20.4. The average molecular weight is 387 g/mol. The van der Waals surface area contributed by atoms with Gasteiger partial charge in [-0.1, -0.05) is 36.4 Å². The van der Waals surface area contributed by atoms with Crippen LogP contribution in [0.3, 0.4) is 0 Å². The minimum absolute atomic E-state index is 0. The largest absolute Gasteiger partial charge is 0.492 e. The zero-order valence-corrected chi connectivity index (χ0v) is 16.2. The lowest BCUT2D eigenvalue weighted by Crippen LogP contribution is -2.37. The van der Waals surface area contributed by atoms with Crippen molar-refractivity contribution in [1.82, 2.24) is 9.80 Å². The molecule has 0 saturated carbocycles. The molecule has 0 saturated heterocycles. The maximum atomic E-state index is 14.5. The molecule has 1 unspecified atom stereocenters. The molecule has 0 bridgehead atoms. The van der Waals surface area contributed by atoms with Crippen LogP contribution in [0.4, 0.5) is 4.39 Å². The first-order valence-electron chi connectivity index (χ1n) is 8.02. The zero-order valence-electron chi connectivity index (χ0n) is 14.5. The smallest absolute Gasteiger partial charge is 0.128 e. The van der Waals surface area contributed by atoms with E-state index in [0.29, 0.717) is 12.2 Å². The highest BCUT2D eigenvalue weighted by Crippen LogP contribution is 2.37. The molecule has 0 amide bonds. The van der Waals surface area contributed by atoms with Gasteiger partial charge in [0.1, 0.15) is 18.2 Å². The Bertz CT molecular complexity index is 669. The van der Waals surface area contributed by atoms with Crippen LogP contribution < -0.4 is 4.74 Å². The molecular formula is C19H25Cl2FN2O. The predicted octanol–water partition coefficient (Wildman–Crippen LogP) is 4.01. The number of hydrogen-bond donors (Lipinski definition) is 0. The summed E-state index contributed by atoms with van der Waals surface area (Å²) in [4.78, 5) is 4.46. The van der Waals surface area contributed by atoms with E-state index in [1.165, 1.54) is 6.07 Å². The summed E-state index contributed by atoms with van der Waals surface area (Å²) >= 11 is 0. The Labute approximate surface area is 161 Å². The first kappa shape index (κ1) is 21.7. The topological polar surface area (TPSA) is 15.7 Å². The molecule has 1 heterocycles. The summed E-state index contributed by atoms with van der Waals surface area (Å²) in [5.74, 6) is 0.692. The molecule has 0 aromatic heterocycles. The lowest BCUT2D eigenvalue weighted by Gasteiger charge is -2.31. The third kappa shape index (κ3) is 5.08. The highest BCUT2D eigenvalue weighted by Gasteiger charge is 2.29. The second kappa shape index (κ2) is 9.97. The number of hydrogen-bond acceptors (Lipinski definition) is 3. The van der Waals surface area contributed by atoms with Crippen LogP contribution in [0.2, 0.25) is 0 Å². The van der Waals surface area contributed by atoms with Gasteiger partial charge < -0.3 is 9.64 Å². The lowest BCUT2D eigenvalue weighted by atomic mass is 9.96. The second-order valence-electron chi connectivity index (χ2n) is 6.15. The van der Waals surface area contributed by atoms with Crippen molar-refractivity contribution in [2.24, 2.45) is 0 Å². The number of nitrogens with zero attached hydrogens (tertiary/aromatic N) is 2. The molecule has 2 aromatic carbocycles. The van der Waals surface area contributed by atoms with E-state index in [4.69, 9.17) is 4.74 Å². The summed E-state index contributed by atoms with van der Waals surface area (Å²) in [5.41, 5.74) is 1.75. The van der Waals surface area contributed by atoms with Gasteiger partial charge in [0, 0.05) is 30.8 Å². The van der Waals surface area contributed by atoms with Crippen molar-refractivity contribution in [3.63, 3.8) is 0 Å². The van der Waals surface area contributed by atoms with Gasteiger partial charge in [-0.05, 0) is 26.2 Å². The van der Waals surface area contributed by atoms with Gasteiger partial charge in [0.15, 0.2) is 0 Å². The number of para-hydroxylation sites is 1. The number of likely N-dealkylation sites (N-methyl/N-ethyl adjacent to an activating group) is 1. The average Bonchev–Trinajstić information content (AvgIpc) is 2.72. The van der Waals surface area contributed by atoms with Gasteiger partial charge in [-0.15, -0.1) is 24.8 Å². The summed E-state index contributed by atoms with van der Waals surface area (Å²) in [5, 5.41) is 0. The summed E-state index contributed by atoms with van der Waals surface area (Å²) in [6.45, 7) is 3.19. The molecule has 6 heteroatoms. The van der Waals surface area contributed by atoms with Crippen molar-refractivity contribution in [2.75, 3.05) is 40.3 Å².